The van der Waals surface area contributed by atoms with Gasteiger partial charge in [-0.3, -0.25) is 4.79 Å². The van der Waals surface area contributed by atoms with Crippen LogP contribution in [0.15, 0.2) is 6.07 Å². The lowest BCUT2D eigenvalue weighted by atomic mass is 10.0. The van der Waals surface area contributed by atoms with E-state index >= 15 is 0 Å². The van der Waals surface area contributed by atoms with Gasteiger partial charge in [0, 0.05) is 25.2 Å². The van der Waals surface area contributed by atoms with Crippen molar-refractivity contribution in [1.29, 1.82) is 0 Å². The van der Waals surface area contributed by atoms with Crippen LogP contribution in [0, 0.1) is 0 Å². The quantitative estimate of drug-likeness (QED) is 0.763. The van der Waals surface area contributed by atoms with Gasteiger partial charge >= 0.3 is 0 Å². The Hall–Kier alpha value is -1.75. The smallest absolute Gasteiger partial charge is 0.167 e. The summed E-state index contributed by atoms with van der Waals surface area (Å²) in [5, 5.41) is 19.7. The summed E-state index contributed by atoms with van der Waals surface area (Å²) in [6, 6.07) is 1.32. The summed E-state index contributed by atoms with van der Waals surface area (Å²) in [5.41, 5.74) is 0.370. The average Bonchev–Trinajstić information content (AvgIpc) is 2.27. The Bertz CT molecular complexity index is 425. The average molecular weight is 240 g/mol. The molecule has 0 aromatic heterocycles. The van der Waals surface area contributed by atoms with Gasteiger partial charge in [-0.15, -0.1) is 0 Å². The van der Waals surface area contributed by atoms with Gasteiger partial charge in [0.25, 0.3) is 0 Å². The highest BCUT2D eigenvalue weighted by atomic mass is 16.5. The van der Waals surface area contributed by atoms with Crippen molar-refractivity contribution in [1.82, 2.24) is 0 Å². The maximum atomic E-state index is 11.4. The lowest BCUT2D eigenvalue weighted by Crippen LogP contribution is -2.03. The fraction of sp³-hybridized carbons (Fsp3) is 0.417. The van der Waals surface area contributed by atoms with E-state index in [1.807, 2.05) is 0 Å². The predicted molar refractivity (Wildman–Crippen MR) is 61.9 cm³/mol. The number of carbonyl (C=O) groups is 1. The predicted octanol–water partition coefficient (Wildman–Crippen LogP) is 1.50. The van der Waals surface area contributed by atoms with Gasteiger partial charge in [-0.2, -0.15) is 0 Å². The van der Waals surface area contributed by atoms with E-state index in [9.17, 15) is 15.0 Å². The van der Waals surface area contributed by atoms with E-state index in [0.717, 1.165) is 0 Å². The number of ether oxygens (including phenoxy) is 2. The Balaban J connectivity index is 3.32. The van der Waals surface area contributed by atoms with Crippen LogP contribution in [-0.2, 0) is 11.2 Å². The van der Waals surface area contributed by atoms with E-state index < -0.39 is 0 Å². The van der Waals surface area contributed by atoms with Crippen molar-refractivity contribution in [3.05, 3.63) is 17.2 Å². The van der Waals surface area contributed by atoms with Crippen LogP contribution >= 0.6 is 0 Å². The second-order valence-corrected chi connectivity index (χ2v) is 3.60. The molecule has 1 aromatic carbocycles. The van der Waals surface area contributed by atoms with Gasteiger partial charge in [-0.05, 0) is 6.92 Å². The minimum Gasteiger partial charge on any atom is -0.507 e. The molecule has 17 heavy (non-hydrogen) atoms. The maximum Gasteiger partial charge on any atom is 0.167 e. The van der Waals surface area contributed by atoms with E-state index in [2.05, 4.69) is 0 Å². The number of aromatic hydroxyl groups is 2. The highest BCUT2D eigenvalue weighted by Crippen LogP contribution is 2.38. The van der Waals surface area contributed by atoms with Crippen LogP contribution in [0.25, 0.3) is 0 Å². The molecular formula is C12H16O5. The molecule has 0 saturated carbocycles. The van der Waals surface area contributed by atoms with Crippen molar-refractivity contribution >= 4 is 5.78 Å². The van der Waals surface area contributed by atoms with Gasteiger partial charge in [0.2, 0.25) is 0 Å². The number of Topliss-reactive ketones (excluding diaryl/α,β-unsaturated/α-hetero) is 1. The monoisotopic (exact) mass is 240 g/mol. The van der Waals surface area contributed by atoms with E-state index in [0.29, 0.717) is 13.0 Å². The molecule has 0 spiro atoms. The summed E-state index contributed by atoms with van der Waals surface area (Å²) in [7, 11) is 2.89. The standard InChI is InChI=1S/C12H16O5/c1-7(13)11-10(17-3)6-9(14)8(12(11)15)4-5-16-2/h6,14-15H,4-5H2,1-3H3. The van der Waals surface area contributed by atoms with Crippen LogP contribution < -0.4 is 4.74 Å². The minimum atomic E-state index is -0.321. The normalized spacial score (nSPS) is 10.3. The summed E-state index contributed by atoms with van der Waals surface area (Å²) in [6.45, 7) is 1.67. The minimum absolute atomic E-state index is 0.0800. The zero-order chi connectivity index (χ0) is 13.0. The Morgan fingerprint density at radius 2 is 2.00 bits per heavy atom. The SMILES string of the molecule is COCCc1c(O)cc(OC)c(C(C)=O)c1O. The maximum absolute atomic E-state index is 11.4. The summed E-state index contributed by atoms with van der Waals surface area (Å²) in [5.74, 6) is -0.514. The molecule has 5 heteroatoms. The van der Waals surface area contributed by atoms with E-state index in [4.69, 9.17) is 9.47 Å². The number of carbonyl (C=O) groups excluding carboxylic acids is 1. The zero-order valence-electron chi connectivity index (χ0n) is 10.1. The van der Waals surface area contributed by atoms with Crippen molar-refractivity contribution in [3.8, 4) is 17.2 Å². The highest BCUT2D eigenvalue weighted by molar-refractivity contribution is 6.00. The van der Waals surface area contributed by atoms with Crippen molar-refractivity contribution in [2.75, 3.05) is 20.8 Å². The zero-order valence-corrected chi connectivity index (χ0v) is 10.1. The second kappa shape index (κ2) is 5.54. The lowest BCUT2D eigenvalue weighted by Gasteiger charge is -2.13. The van der Waals surface area contributed by atoms with Gasteiger partial charge in [-0.1, -0.05) is 0 Å². The molecule has 5 nitrogen and oxygen atoms in total. The molecule has 1 aromatic rings. The topological polar surface area (TPSA) is 76.0 Å². The van der Waals surface area contributed by atoms with Crippen molar-refractivity contribution < 1.29 is 24.5 Å². The van der Waals surface area contributed by atoms with Crippen LogP contribution in [0.5, 0.6) is 17.2 Å². The van der Waals surface area contributed by atoms with Crippen LogP contribution in [0.3, 0.4) is 0 Å². The molecule has 2 N–H and O–H groups in total. The number of phenols is 2. The summed E-state index contributed by atoms with van der Waals surface area (Å²) in [6.07, 6.45) is 0.318. The molecule has 1 rings (SSSR count). The molecule has 94 valence electrons. The van der Waals surface area contributed by atoms with Gasteiger partial charge < -0.3 is 19.7 Å². The molecule has 0 saturated heterocycles. The third-order valence-corrected chi connectivity index (χ3v) is 2.47. The molecule has 0 amide bonds. The third kappa shape index (κ3) is 2.68. The van der Waals surface area contributed by atoms with Gasteiger partial charge in [-0.25, -0.2) is 0 Å². The number of hydrogen-bond donors (Lipinski definition) is 2. The van der Waals surface area contributed by atoms with Crippen LogP contribution in [0.2, 0.25) is 0 Å². The first-order valence-corrected chi connectivity index (χ1v) is 5.14. The number of methoxy groups -OCH3 is 2. The first-order chi connectivity index (χ1) is 8.02. The molecule has 0 aliphatic heterocycles. The largest absolute Gasteiger partial charge is 0.507 e. The summed E-state index contributed by atoms with van der Waals surface area (Å²) < 4.78 is 9.83. The molecule has 0 unspecified atom stereocenters. The number of hydrogen-bond acceptors (Lipinski definition) is 5. The van der Waals surface area contributed by atoms with Crippen molar-refractivity contribution in [2.24, 2.45) is 0 Å². The molecule has 0 radical (unpaired) electrons. The van der Waals surface area contributed by atoms with Gasteiger partial charge in [0.15, 0.2) is 5.78 Å². The third-order valence-electron chi connectivity index (χ3n) is 2.47. The lowest BCUT2D eigenvalue weighted by molar-refractivity contribution is 0.101. The number of ketones is 1. The Kier molecular flexibility index (Phi) is 4.34. The first kappa shape index (κ1) is 13.3. The number of phenolic OH excluding ortho intramolecular Hbond substituents is 2. The van der Waals surface area contributed by atoms with Crippen molar-refractivity contribution in [2.45, 2.75) is 13.3 Å². The van der Waals surface area contributed by atoms with E-state index in [1.54, 1.807) is 0 Å². The summed E-state index contributed by atoms with van der Waals surface area (Å²) >= 11 is 0. The Morgan fingerprint density at radius 1 is 1.35 bits per heavy atom. The molecule has 0 bridgehead atoms. The van der Waals surface area contributed by atoms with Crippen molar-refractivity contribution in [3.63, 3.8) is 0 Å². The van der Waals surface area contributed by atoms with Gasteiger partial charge in [0.05, 0.1) is 13.7 Å². The van der Waals surface area contributed by atoms with E-state index in [1.165, 1.54) is 27.2 Å². The molecule has 0 aliphatic carbocycles. The molecule has 0 fully saturated rings. The molecule has 0 atom stereocenters. The van der Waals surface area contributed by atoms with Crippen LogP contribution in [0.1, 0.15) is 22.8 Å². The fourth-order valence-electron chi connectivity index (χ4n) is 1.62. The van der Waals surface area contributed by atoms with E-state index in [-0.39, 0.29) is 34.2 Å². The second-order valence-electron chi connectivity index (χ2n) is 3.60. The molecule has 0 aliphatic rings. The Morgan fingerprint density at radius 3 is 2.47 bits per heavy atom. The number of rotatable bonds is 5. The van der Waals surface area contributed by atoms with Crippen LogP contribution in [0.4, 0.5) is 0 Å². The van der Waals surface area contributed by atoms with Crippen LogP contribution in [-0.4, -0.2) is 36.8 Å². The fourth-order valence-corrected chi connectivity index (χ4v) is 1.62. The summed E-state index contributed by atoms with van der Waals surface area (Å²) in [4.78, 5) is 11.4. The Labute approximate surface area is 99.6 Å². The van der Waals surface area contributed by atoms with Gasteiger partial charge in [0.1, 0.15) is 22.8 Å². The molecule has 0 heterocycles. The highest BCUT2D eigenvalue weighted by Gasteiger charge is 2.20. The number of benzene rings is 1. The molecular weight excluding hydrogens is 224 g/mol. The first-order valence-electron chi connectivity index (χ1n) is 5.14.